The van der Waals surface area contributed by atoms with Crippen LogP contribution in [0, 0.1) is 0 Å². The standard InChI is InChI=1S/C17H14BrN3O3/c1-19-17(23)21-13-5-3-12(4-6-13)20-16(22)15-9-10-8-11(18)2-7-14(10)24-15/h2-9H,1H3,(H,20,22)(H2,19,21,23). The summed E-state index contributed by atoms with van der Waals surface area (Å²) in [7, 11) is 1.54. The van der Waals surface area contributed by atoms with Gasteiger partial charge in [0.15, 0.2) is 5.76 Å². The summed E-state index contributed by atoms with van der Waals surface area (Å²) < 4.78 is 6.47. The summed E-state index contributed by atoms with van der Waals surface area (Å²) in [6, 6.07) is 13.7. The number of halogens is 1. The van der Waals surface area contributed by atoms with E-state index in [0.29, 0.717) is 17.0 Å². The summed E-state index contributed by atoms with van der Waals surface area (Å²) in [4.78, 5) is 23.5. The predicted octanol–water partition coefficient (Wildman–Crippen LogP) is 4.20. The van der Waals surface area contributed by atoms with E-state index in [-0.39, 0.29) is 17.7 Å². The number of benzene rings is 2. The molecule has 7 heteroatoms. The number of rotatable bonds is 3. The molecule has 1 aromatic heterocycles. The van der Waals surface area contributed by atoms with E-state index in [4.69, 9.17) is 4.42 Å². The summed E-state index contributed by atoms with van der Waals surface area (Å²) in [5.74, 6) is -0.106. The second kappa shape index (κ2) is 6.76. The first-order valence-electron chi connectivity index (χ1n) is 7.14. The minimum atomic E-state index is -0.339. The van der Waals surface area contributed by atoms with E-state index in [1.165, 1.54) is 7.05 Å². The Morgan fingerprint density at radius 1 is 0.958 bits per heavy atom. The molecule has 0 aliphatic rings. The minimum absolute atomic E-state index is 0.232. The van der Waals surface area contributed by atoms with Gasteiger partial charge in [-0.2, -0.15) is 0 Å². The quantitative estimate of drug-likeness (QED) is 0.629. The van der Waals surface area contributed by atoms with Gasteiger partial charge in [0.2, 0.25) is 0 Å². The van der Waals surface area contributed by atoms with Crippen LogP contribution in [0.15, 0.2) is 57.4 Å². The lowest BCUT2D eigenvalue weighted by molar-refractivity contribution is 0.0998. The molecule has 3 rings (SSSR count). The third-order valence-corrected chi connectivity index (χ3v) is 3.82. The normalized spacial score (nSPS) is 10.4. The van der Waals surface area contributed by atoms with Crippen molar-refractivity contribution in [1.82, 2.24) is 5.32 Å². The van der Waals surface area contributed by atoms with Crippen molar-refractivity contribution in [2.45, 2.75) is 0 Å². The Kier molecular flexibility index (Phi) is 4.52. The second-order valence-corrected chi connectivity index (χ2v) is 5.94. The highest BCUT2D eigenvalue weighted by molar-refractivity contribution is 9.10. The average Bonchev–Trinajstić information content (AvgIpc) is 2.99. The smallest absolute Gasteiger partial charge is 0.318 e. The minimum Gasteiger partial charge on any atom is -0.451 e. The van der Waals surface area contributed by atoms with Crippen LogP contribution in [0.1, 0.15) is 10.6 Å². The van der Waals surface area contributed by atoms with Crippen molar-refractivity contribution >= 4 is 50.2 Å². The molecule has 0 bridgehead atoms. The molecule has 0 fully saturated rings. The highest BCUT2D eigenvalue weighted by Gasteiger charge is 2.13. The molecule has 0 saturated carbocycles. The van der Waals surface area contributed by atoms with Gasteiger partial charge >= 0.3 is 6.03 Å². The predicted molar refractivity (Wildman–Crippen MR) is 96.4 cm³/mol. The van der Waals surface area contributed by atoms with Gasteiger partial charge in [0.05, 0.1) is 0 Å². The Bertz CT molecular complexity index is 903. The van der Waals surface area contributed by atoms with Crippen LogP contribution < -0.4 is 16.0 Å². The van der Waals surface area contributed by atoms with Gasteiger partial charge in [-0.1, -0.05) is 15.9 Å². The Labute approximate surface area is 146 Å². The molecule has 24 heavy (non-hydrogen) atoms. The van der Waals surface area contributed by atoms with Gasteiger partial charge in [0.1, 0.15) is 5.58 Å². The molecule has 1 heterocycles. The second-order valence-electron chi connectivity index (χ2n) is 5.03. The van der Waals surface area contributed by atoms with Crippen LogP contribution in [-0.4, -0.2) is 19.0 Å². The van der Waals surface area contributed by atoms with E-state index in [1.54, 1.807) is 36.4 Å². The van der Waals surface area contributed by atoms with Gasteiger partial charge in [-0.3, -0.25) is 4.79 Å². The van der Waals surface area contributed by atoms with E-state index in [0.717, 1.165) is 9.86 Å². The third-order valence-electron chi connectivity index (χ3n) is 3.33. The number of hydrogen-bond donors (Lipinski definition) is 3. The summed E-state index contributed by atoms with van der Waals surface area (Å²) in [5.41, 5.74) is 1.87. The van der Waals surface area contributed by atoms with Crippen molar-refractivity contribution in [3.63, 3.8) is 0 Å². The summed E-state index contributed by atoms with van der Waals surface area (Å²) in [6.45, 7) is 0. The Morgan fingerprint density at radius 3 is 2.29 bits per heavy atom. The van der Waals surface area contributed by atoms with Crippen molar-refractivity contribution in [2.24, 2.45) is 0 Å². The monoisotopic (exact) mass is 387 g/mol. The van der Waals surface area contributed by atoms with Gasteiger partial charge < -0.3 is 20.4 Å². The molecule has 122 valence electrons. The van der Waals surface area contributed by atoms with E-state index >= 15 is 0 Å². The maximum atomic E-state index is 12.3. The molecule has 3 N–H and O–H groups in total. The number of urea groups is 1. The summed E-state index contributed by atoms with van der Waals surface area (Å²) >= 11 is 3.38. The van der Waals surface area contributed by atoms with Gasteiger partial charge in [-0.05, 0) is 48.5 Å². The highest BCUT2D eigenvalue weighted by Crippen LogP contribution is 2.24. The van der Waals surface area contributed by atoms with Gasteiger partial charge in [0.25, 0.3) is 5.91 Å². The number of nitrogens with one attached hydrogen (secondary N) is 3. The van der Waals surface area contributed by atoms with Crippen molar-refractivity contribution < 1.29 is 14.0 Å². The van der Waals surface area contributed by atoms with Gasteiger partial charge in [0, 0.05) is 28.3 Å². The molecule has 0 spiro atoms. The van der Waals surface area contributed by atoms with E-state index in [1.807, 2.05) is 12.1 Å². The zero-order chi connectivity index (χ0) is 17.1. The molecule has 0 aliphatic carbocycles. The maximum Gasteiger partial charge on any atom is 0.318 e. The lowest BCUT2D eigenvalue weighted by Crippen LogP contribution is -2.24. The summed E-state index contributed by atoms with van der Waals surface area (Å²) in [6.07, 6.45) is 0. The summed E-state index contributed by atoms with van der Waals surface area (Å²) in [5, 5.41) is 8.71. The third kappa shape index (κ3) is 3.57. The molecule has 3 amide bonds. The molecule has 0 aliphatic heterocycles. The van der Waals surface area contributed by atoms with Gasteiger partial charge in [-0.25, -0.2) is 4.79 Å². The number of fused-ring (bicyclic) bond motifs is 1. The van der Waals surface area contributed by atoms with Crippen molar-refractivity contribution in [3.05, 3.63) is 58.8 Å². The van der Waals surface area contributed by atoms with Crippen molar-refractivity contribution in [3.8, 4) is 0 Å². The van der Waals surface area contributed by atoms with E-state index < -0.39 is 0 Å². The first-order valence-corrected chi connectivity index (χ1v) is 7.94. The van der Waals surface area contributed by atoms with Crippen LogP contribution in [0.3, 0.4) is 0 Å². The molecular formula is C17H14BrN3O3. The SMILES string of the molecule is CNC(=O)Nc1ccc(NC(=O)c2cc3cc(Br)ccc3o2)cc1. The van der Waals surface area contributed by atoms with Crippen LogP contribution in [0.25, 0.3) is 11.0 Å². The lowest BCUT2D eigenvalue weighted by Gasteiger charge is -2.06. The molecule has 0 saturated heterocycles. The molecule has 0 radical (unpaired) electrons. The van der Waals surface area contributed by atoms with Crippen molar-refractivity contribution in [2.75, 3.05) is 17.7 Å². The molecule has 2 aromatic carbocycles. The lowest BCUT2D eigenvalue weighted by atomic mass is 10.2. The Hall–Kier alpha value is -2.80. The number of carbonyl (C=O) groups is 2. The van der Waals surface area contributed by atoms with Crippen LogP contribution in [0.2, 0.25) is 0 Å². The molecule has 3 aromatic rings. The topological polar surface area (TPSA) is 83.4 Å². The molecular weight excluding hydrogens is 374 g/mol. The fourth-order valence-electron chi connectivity index (χ4n) is 2.15. The number of hydrogen-bond acceptors (Lipinski definition) is 3. The highest BCUT2D eigenvalue weighted by atomic mass is 79.9. The number of amides is 3. The number of carbonyl (C=O) groups excluding carboxylic acids is 2. The van der Waals surface area contributed by atoms with Crippen LogP contribution >= 0.6 is 15.9 Å². The first-order chi connectivity index (χ1) is 11.5. The van der Waals surface area contributed by atoms with Crippen LogP contribution in [-0.2, 0) is 0 Å². The molecule has 0 unspecified atom stereocenters. The Morgan fingerprint density at radius 2 is 1.62 bits per heavy atom. The zero-order valence-electron chi connectivity index (χ0n) is 12.7. The van der Waals surface area contributed by atoms with Gasteiger partial charge in [-0.15, -0.1) is 0 Å². The van der Waals surface area contributed by atoms with Crippen LogP contribution in [0.5, 0.6) is 0 Å². The van der Waals surface area contributed by atoms with E-state index in [9.17, 15) is 9.59 Å². The fourth-order valence-corrected chi connectivity index (χ4v) is 2.53. The van der Waals surface area contributed by atoms with Crippen LogP contribution in [0.4, 0.5) is 16.2 Å². The number of furan rings is 1. The maximum absolute atomic E-state index is 12.3. The van der Waals surface area contributed by atoms with E-state index in [2.05, 4.69) is 31.9 Å². The first kappa shape index (κ1) is 16.1. The fraction of sp³-hybridized carbons (Fsp3) is 0.0588. The molecule has 0 atom stereocenters. The average molecular weight is 388 g/mol. The van der Waals surface area contributed by atoms with Crippen molar-refractivity contribution in [1.29, 1.82) is 0 Å². The Balaban J connectivity index is 1.72. The zero-order valence-corrected chi connectivity index (χ0v) is 14.3. The number of anilines is 2. The largest absolute Gasteiger partial charge is 0.451 e. The molecule has 6 nitrogen and oxygen atoms in total.